The van der Waals surface area contributed by atoms with Gasteiger partial charge in [0.1, 0.15) is 6.10 Å². The van der Waals surface area contributed by atoms with E-state index in [2.05, 4.69) is 10.0 Å². The zero-order valence-electron chi connectivity index (χ0n) is 8.43. The van der Waals surface area contributed by atoms with Gasteiger partial charge in [0, 0.05) is 4.91 Å². The van der Waals surface area contributed by atoms with Gasteiger partial charge in [0.2, 0.25) is 0 Å². The summed E-state index contributed by atoms with van der Waals surface area (Å²) in [5.74, 6) is -0.989. The molecule has 1 saturated heterocycles. The fourth-order valence-corrected chi connectivity index (χ4v) is 1.46. The van der Waals surface area contributed by atoms with E-state index in [0.717, 1.165) is 0 Å². The predicted octanol–water partition coefficient (Wildman–Crippen LogP) is 1.41. The van der Waals surface area contributed by atoms with Crippen LogP contribution >= 0.6 is 0 Å². The van der Waals surface area contributed by atoms with E-state index in [9.17, 15) is 4.79 Å². The summed E-state index contributed by atoms with van der Waals surface area (Å²) in [5, 5.41) is 3.19. The highest BCUT2D eigenvalue weighted by Crippen LogP contribution is 2.28. The van der Waals surface area contributed by atoms with Crippen LogP contribution in [0.25, 0.3) is 10.4 Å². The normalized spacial score (nSPS) is 29.6. The van der Waals surface area contributed by atoms with Crippen molar-refractivity contribution < 1.29 is 14.3 Å². The van der Waals surface area contributed by atoms with E-state index in [-0.39, 0.29) is 18.4 Å². The van der Waals surface area contributed by atoms with Crippen molar-refractivity contribution in [3.05, 3.63) is 10.4 Å². The van der Waals surface area contributed by atoms with Crippen LogP contribution in [-0.2, 0) is 14.3 Å². The van der Waals surface area contributed by atoms with Gasteiger partial charge < -0.3 is 9.47 Å². The molecule has 0 aliphatic carbocycles. The lowest BCUT2D eigenvalue weighted by molar-refractivity contribution is -0.153. The van der Waals surface area contributed by atoms with Gasteiger partial charge in [-0.1, -0.05) is 5.11 Å². The molecule has 6 heteroatoms. The number of hydrogen-bond acceptors (Lipinski definition) is 4. The number of carbonyl (C=O) groups excluding carboxylic acids is 1. The second-order valence-corrected chi connectivity index (χ2v) is 3.62. The maximum atomic E-state index is 11.4. The predicted molar refractivity (Wildman–Crippen MR) is 48.5 cm³/mol. The van der Waals surface area contributed by atoms with Gasteiger partial charge in [-0.25, -0.2) is 0 Å². The van der Waals surface area contributed by atoms with Crippen molar-refractivity contribution in [2.75, 3.05) is 6.54 Å². The molecule has 0 amide bonds. The van der Waals surface area contributed by atoms with E-state index < -0.39 is 11.9 Å². The Morgan fingerprint density at radius 2 is 2.21 bits per heavy atom. The lowest BCUT2D eigenvalue weighted by atomic mass is 10.1. The van der Waals surface area contributed by atoms with Crippen LogP contribution in [0.1, 0.15) is 20.8 Å². The Balaban J connectivity index is 2.61. The molecular formula is C8H13N3O3. The van der Waals surface area contributed by atoms with E-state index >= 15 is 0 Å². The third kappa shape index (κ3) is 2.45. The van der Waals surface area contributed by atoms with Crippen molar-refractivity contribution in [2.45, 2.75) is 38.8 Å². The van der Waals surface area contributed by atoms with Crippen LogP contribution in [0.3, 0.4) is 0 Å². The third-order valence-corrected chi connectivity index (χ3v) is 1.91. The van der Waals surface area contributed by atoms with Crippen molar-refractivity contribution in [3.63, 3.8) is 0 Å². The first-order valence-corrected chi connectivity index (χ1v) is 4.35. The monoisotopic (exact) mass is 199 g/mol. The van der Waals surface area contributed by atoms with Crippen molar-refractivity contribution in [1.29, 1.82) is 0 Å². The van der Waals surface area contributed by atoms with E-state index in [1.54, 1.807) is 20.8 Å². The smallest absolute Gasteiger partial charge is 0.170 e. The number of rotatable bonds is 3. The molecule has 78 valence electrons. The van der Waals surface area contributed by atoms with Crippen LogP contribution in [0.15, 0.2) is 5.11 Å². The van der Waals surface area contributed by atoms with Crippen LogP contribution in [-0.4, -0.2) is 30.3 Å². The van der Waals surface area contributed by atoms with Gasteiger partial charge in [0.15, 0.2) is 11.6 Å². The Bertz CT molecular complexity index is 284. The van der Waals surface area contributed by atoms with Gasteiger partial charge in [-0.05, 0) is 26.3 Å². The molecule has 1 aliphatic rings. The molecule has 0 aromatic rings. The maximum Gasteiger partial charge on any atom is 0.170 e. The van der Waals surface area contributed by atoms with Crippen molar-refractivity contribution >= 4 is 5.78 Å². The molecule has 0 bridgehead atoms. The van der Waals surface area contributed by atoms with Crippen molar-refractivity contribution in [1.82, 2.24) is 0 Å². The Hall–Kier alpha value is -1.10. The first kappa shape index (κ1) is 11.0. The summed E-state index contributed by atoms with van der Waals surface area (Å²) >= 11 is 0. The lowest BCUT2D eigenvalue weighted by Gasteiger charge is -2.16. The summed E-state index contributed by atoms with van der Waals surface area (Å²) in [6.45, 7) is 5.05. The number of hydrogen-bond donors (Lipinski definition) is 0. The summed E-state index contributed by atoms with van der Waals surface area (Å²) < 4.78 is 10.7. The van der Waals surface area contributed by atoms with Crippen molar-refractivity contribution in [2.24, 2.45) is 5.11 Å². The van der Waals surface area contributed by atoms with Gasteiger partial charge in [-0.15, -0.1) is 0 Å². The van der Waals surface area contributed by atoms with Crippen LogP contribution in [0.2, 0.25) is 0 Å². The minimum absolute atomic E-state index is 0.190. The number of nitrogens with zero attached hydrogens (tertiary/aromatic N) is 3. The maximum absolute atomic E-state index is 11.4. The van der Waals surface area contributed by atoms with Crippen molar-refractivity contribution in [3.8, 4) is 0 Å². The summed E-state index contributed by atoms with van der Waals surface area (Å²) in [6.07, 6.45) is -0.929. The Kier molecular flexibility index (Phi) is 3.10. The van der Waals surface area contributed by atoms with Gasteiger partial charge >= 0.3 is 0 Å². The molecular weight excluding hydrogens is 186 g/mol. The molecule has 1 heterocycles. The number of Topliss-reactive ketones (excluding diaryl/α,β-unsaturated/α-hetero) is 1. The molecule has 1 rings (SSSR count). The molecule has 0 aromatic carbocycles. The van der Waals surface area contributed by atoms with Crippen LogP contribution in [0.5, 0.6) is 0 Å². The summed E-state index contributed by atoms with van der Waals surface area (Å²) in [6, 6.07) is 0. The standard InChI is InChI=1S/C8H13N3O3/c1-5-7(6(12)4-10-11-9)14-8(2,3)13-5/h5,7H,4H2,1-3H3. The van der Waals surface area contributed by atoms with Crippen LogP contribution in [0.4, 0.5) is 0 Å². The Labute approximate surface area is 81.8 Å². The summed E-state index contributed by atoms with van der Waals surface area (Å²) in [4.78, 5) is 13.9. The molecule has 1 aliphatic heterocycles. The van der Waals surface area contributed by atoms with Gasteiger partial charge in [0.25, 0.3) is 0 Å². The number of ketones is 1. The van der Waals surface area contributed by atoms with Crippen LogP contribution < -0.4 is 0 Å². The van der Waals surface area contributed by atoms with E-state index in [1.807, 2.05) is 0 Å². The molecule has 0 saturated carbocycles. The molecule has 14 heavy (non-hydrogen) atoms. The molecule has 0 radical (unpaired) electrons. The number of carbonyl (C=O) groups is 1. The molecule has 0 spiro atoms. The van der Waals surface area contributed by atoms with E-state index in [4.69, 9.17) is 15.0 Å². The molecule has 1 fully saturated rings. The fraction of sp³-hybridized carbons (Fsp3) is 0.875. The first-order chi connectivity index (χ1) is 6.46. The second kappa shape index (κ2) is 3.96. The average Bonchev–Trinajstić information content (AvgIpc) is 2.35. The van der Waals surface area contributed by atoms with Gasteiger partial charge in [-0.2, -0.15) is 0 Å². The zero-order chi connectivity index (χ0) is 10.8. The Morgan fingerprint density at radius 1 is 1.57 bits per heavy atom. The molecule has 0 N–H and O–H groups in total. The lowest BCUT2D eigenvalue weighted by Crippen LogP contribution is -2.31. The molecule has 6 nitrogen and oxygen atoms in total. The third-order valence-electron chi connectivity index (χ3n) is 1.91. The topological polar surface area (TPSA) is 84.3 Å². The van der Waals surface area contributed by atoms with E-state index in [0.29, 0.717) is 0 Å². The fourth-order valence-electron chi connectivity index (χ4n) is 1.46. The molecule has 2 unspecified atom stereocenters. The second-order valence-electron chi connectivity index (χ2n) is 3.62. The quantitative estimate of drug-likeness (QED) is 0.391. The minimum atomic E-state index is -0.740. The van der Waals surface area contributed by atoms with Crippen LogP contribution in [0, 0.1) is 0 Å². The Morgan fingerprint density at radius 3 is 2.64 bits per heavy atom. The zero-order valence-corrected chi connectivity index (χ0v) is 8.43. The molecule has 0 aromatic heterocycles. The van der Waals surface area contributed by atoms with Gasteiger partial charge in [0.05, 0.1) is 12.6 Å². The highest BCUT2D eigenvalue weighted by Gasteiger charge is 2.41. The highest BCUT2D eigenvalue weighted by molar-refractivity contribution is 5.85. The summed E-state index contributed by atoms with van der Waals surface area (Å²) in [5.41, 5.74) is 8.06. The van der Waals surface area contributed by atoms with E-state index in [1.165, 1.54) is 0 Å². The molecule has 2 atom stereocenters. The van der Waals surface area contributed by atoms with Gasteiger partial charge in [-0.3, -0.25) is 4.79 Å². The minimum Gasteiger partial charge on any atom is -0.344 e. The average molecular weight is 199 g/mol. The largest absolute Gasteiger partial charge is 0.344 e. The number of ether oxygens (including phenoxy) is 2. The first-order valence-electron chi connectivity index (χ1n) is 4.35. The SMILES string of the molecule is CC1OC(C)(C)OC1C(=O)CN=[N+]=[N-]. The highest BCUT2D eigenvalue weighted by atomic mass is 16.8. The number of azide groups is 1. The summed E-state index contributed by atoms with van der Waals surface area (Å²) in [7, 11) is 0.